The minimum atomic E-state index is 0.0220. The molecular formula is C15H16O. The highest BCUT2D eigenvalue weighted by atomic mass is 16.1. The fraction of sp³-hybridized carbons (Fsp3) is 0.267. The summed E-state index contributed by atoms with van der Waals surface area (Å²) in [5.41, 5.74) is 1.87. The quantitative estimate of drug-likeness (QED) is 0.684. The van der Waals surface area contributed by atoms with Gasteiger partial charge in [0, 0.05) is 5.57 Å². The van der Waals surface area contributed by atoms with Crippen LogP contribution in [0.3, 0.4) is 0 Å². The molecule has 16 heavy (non-hydrogen) atoms. The predicted octanol–water partition coefficient (Wildman–Crippen LogP) is 1.90. The normalized spacial score (nSPS) is 16.1. The van der Waals surface area contributed by atoms with Gasteiger partial charge in [0.2, 0.25) is 0 Å². The number of carbonyl (C=O) groups is 1. The van der Waals surface area contributed by atoms with E-state index < -0.39 is 0 Å². The Bertz CT molecular complexity index is 564. The molecule has 1 aliphatic carbocycles. The largest absolute Gasteiger partial charge is 0.289 e. The van der Waals surface area contributed by atoms with Crippen molar-refractivity contribution in [2.75, 3.05) is 0 Å². The third-order valence-corrected chi connectivity index (χ3v) is 3.23. The number of ketones is 1. The van der Waals surface area contributed by atoms with Gasteiger partial charge in [-0.2, -0.15) is 0 Å². The zero-order valence-corrected chi connectivity index (χ0v) is 9.79. The van der Waals surface area contributed by atoms with Gasteiger partial charge in [-0.3, -0.25) is 4.79 Å². The van der Waals surface area contributed by atoms with E-state index in [9.17, 15) is 4.79 Å². The highest BCUT2D eigenvalue weighted by Crippen LogP contribution is 2.15. The van der Waals surface area contributed by atoms with Crippen molar-refractivity contribution in [1.29, 1.82) is 0 Å². The van der Waals surface area contributed by atoms with Gasteiger partial charge in [-0.1, -0.05) is 38.6 Å². The molecule has 0 aromatic heterocycles. The lowest BCUT2D eigenvalue weighted by atomic mass is 9.95. The van der Waals surface area contributed by atoms with E-state index in [1.54, 1.807) is 6.08 Å². The molecule has 0 amide bonds. The summed E-state index contributed by atoms with van der Waals surface area (Å²) in [6.07, 6.45) is 4.66. The molecule has 0 aliphatic heterocycles. The first-order valence-electron chi connectivity index (χ1n) is 5.68. The van der Waals surface area contributed by atoms with Crippen LogP contribution in [0.4, 0.5) is 0 Å². The Morgan fingerprint density at radius 2 is 2.00 bits per heavy atom. The molecule has 1 atom stereocenters. The molecule has 0 heterocycles. The topological polar surface area (TPSA) is 17.1 Å². The van der Waals surface area contributed by atoms with E-state index in [1.165, 1.54) is 5.56 Å². The van der Waals surface area contributed by atoms with Gasteiger partial charge in [0.05, 0.1) is 0 Å². The number of hydrogen-bond donors (Lipinski definition) is 0. The van der Waals surface area contributed by atoms with Crippen molar-refractivity contribution >= 4 is 17.9 Å². The van der Waals surface area contributed by atoms with Crippen molar-refractivity contribution in [2.45, 2.75) is 26.2 Å². The fourth-order valence-electron chi connectivity index (χ4n) is 1.88. The minimum Gasteiger partial charge on any atom is -0.289 e. The second kappa shape index (κ2) is 4.09. The van der Waals surface area contributed by atoms with E-state index in [-0.39, 0.29) is 5.78 Å². The number of benzene rings is 1. The number of hydrogen-bond acceptors (Lipinski definition) is 1. The number of Topliss-reactive ketones (excluding diaryl/α,β-unsaturated/α-hetero) is 1. The molecule has 1 unspecified atom stereocenters. The Kier molecular flexibility index (Phi) is 2.78. The first-order chi connectivity index (χ1) is 7.61. The van der Waals surface area contributed by atoms with Crippen LogP contribution >= 0.6 is 0 Å². The van der Waals surface area contributed by atoms with Crippen LogP contribution < -0.4 is 10.4 Å². The van der Waals surface area contributed by atoms with E-state index in [1.807, 2.05) is 6.08 Å². The lowest BCUT2D eigenvalue weighted by molar-refractivity contribution is -0.109. The van der Waals surface area contributed by atoms with E-state index in [0.29, 0.717) is 11.5 Å². The Balaban J connectivity index is 2.60. The van der Waals surface area contributed by atoms with Gasteiger partial charge >= 0.3 is 0 Å². The van der Waals surface area contributed by atoms with E-state index in [0.717, 1.165) is 16.9 Å². The molecule has 0 spiro atoms. The van der Waals surface area contributed by atoms with Crippen LogP contribution in [0, 0.1) is 0 Å². The van der Waals surface area contributed by atoms with Crippen LogP contribution in [0.5, 0.6) is 0 Å². The minimum absolute atomic E-state index is 0.0220. The van der Waals surface area contributed by atoms with E-state index in [4.69, 9.17) is 0 Å². The molecule has 0 fully saturated rings. The maximum absolute atomic E-state index is 11.5. The number of allylic oxidation sites excluding steroid dienone is 1. The van der Waals surface area contributed by atoms with Crippen molar-refractivity contribution < 1.29 is 4.79 Å². The fourth-order valence-corrected chi connectivity index (χ4v) is 1.88. The van der Waals surface area contributed by atoms with Crippen LogP contribution in [-0.2, 0) is 4.79 Å². The van der Waals surface area contributed by atoms with E-state index in [2.05, 4.69) is 38.6 Å². The summed E-state index contributed by atoms with van der Waals surface area (Å²) >= 11 is 0. The summed E-state index contributed by atoms with van der Waals surface area (Å²) in [4.78, 5) is 11.5. The lowest BCUT2D eigenvalue weighted by Crippen LogP contribution is -2.30. The zero-order chi connectivity index (χ0) is 11.7. The average Bonchev–Trinajstić information content (AvgIpc) is 2.29. The molecule has 1 aliphatic rings. The molecular weight excluding hydrogens is 196 g/mol. The Morgan fingerprint density at radius 1 is 1.25 bits per heavy atom. The summed E-state index contributed by atoms with van der Waals surface area (Å²) in [5.74, 6) is 0.563. The smallest absolute Gasteiger partial charge is 0.185 e. The molecule has 0 saturated carbocycles. The van der Waals surface area contributed by atoms with Gasteiger partial charge in [0.15, 0.2) is 5.78 Å². The third kappa shape index (κ3) is 1.85. The first-order valence-corrected chi connectivity index (χ1v) is 5.68. The van der Waals surface area contributed by atoms with Crippen LogP contribution in [-0.4, -0.2) is 5.78 Å². The van der Waals surface area contributed by atoms with Crippen molar-refractivity contribution in [3.8, 4) is 0 Å². The molecule has 82 valence electrons. The first kappa shape index (κ1) is 10.9. The predicted molar refractivity (Wildman–Crippen MR) is 67.5 cm³/mol. The van der Waals surface area contributed by atoms with Gasteiger partial charge in [0.1, 0.15) is 0 Å². The van der Waals surface area contributed by atoms with Crippen LogP contribution in [0.25, 0.3) is 12.2 Å². The maximum atomic E-state index is 11.5. The third-order valence-electron chi connectivity index (χ3n) is 3.23. The molecule has 1 aromatic carbocycles. The van der Waals surface area contributed by atoms with E-state index >= 15 is 0 Å². The molecule has 1 aromatic rings. The molecule has 0 saturated heterocycles. The summed E-state index contributed by atoms with van der Waals surface area (Å²) in [6.45, 7) is 8.11. The Labute approximate surface area is 95.8 Å². The number of carbonyl (C=O) groups excluding carboxylic acids is 1. The van der Waals surface area contributed by atoms with Crippen molar-refractivity contribution in [3.63, 3.8) is 0 Å². The van der Waals surface area contributed by atoms with Gasteiger partial charge < -0.3 is 0 Å². The maximum Gasteiger partial charge on any atom is 0.185 e. The zero-order valence-electron chi connectivity index (χ0n) is 9.79. The molecule has 1 nitrogen and oxygen atoms in total. The number of fused-ring (bicyclic) bond motifs is 1. The second-order valence-corrected chi connectivity index (χ2v) is 4.38. The van der Waals surface area contributed by atoms with Crippen molar-refractivity contribution in [1.82, 2.24) is 0 Å². The number of rotatable bonds is 2. The molecule has 2 rings (SSSR count). The van der Waals surface area contributed by atoms with Gasteiger partial charge in [-0.15, -0.1) is 0 Å². The van der Waals surface area contributed by atoms with Crippen LogP contribution in [0.15, 0.2) is 30.4 Å². The summed E-state index contributed by atoms with van der Waals surface area (Å²) in [5, 5.41) is 2.12. The molecule has 0 bridgehead atoms. The van der Waals surface area contributed by atoms with Crippen LogP contribution in [0.1, 0.15) is 31.7 Å². The molecule has 0 N–H and O–H groups in total. The van der Waals surface area contributed by atoms with Gasteiger partial charge in [-0.05, 0) is 40.5 Å². The Morgan fingerprint density at radius 3 is 2.69 bits per heavy atom. The van der Waals surface area contributed by atoms with Crippen molar-refractivity contribution in [2.24, 2.45) is 0 Å². The molecule has 1 heteroatoms. The summed E-state index contributed by atoms with van der Waals surface area (Å²) < 4.78 is 0. The van der Waals surface area contributed by atoms with Gasteiger partial charge in [0.25, 0.3) is 0 Å². The highest BCUT2D eigenvalue weighted by Gasteiger charge is 2.08. The standard InChI is InChI=1S/C15H16O/c1-4-10(2)12-5-6-13-7-11(3)15(16)9-14(13)8-12/h5-10H,3-4H2,1-2H3. The lowest BCUT2D eigenvalue weighted by Gasteiger charge is -2.10. The van der Waals surface area contributed by atoms with Crippen LogP contribution in [0.2, 0.25) is 0 Å². The van der Waals surface area contributed by atoms with Crippen molar-refractivity contribution in [3.05, 3.63) is 46.4 Å². The monoisotopic (exact) mass is 212 g/mol. The second-order valence-electron chi connectivity index (χ2n) is 4.38. The highest BCUT2D eigenvalue weighted by molar-refractivity contribution is 6.21. The summed E-state index contributed by atoms with van der Waals surface area (Å²) in [6, 6.07) is 6.33. The van der Waals surface area contributed by atoms with Gasteiger partial charge in [-0.25, -0.2) is 0 Å². The Hall–Kier alpha value is -1.63. The summed E-state index contributed by atoms with van der Waals surface area (Å²) in [7, 11) is 0. The average molecular weight is 212 g/mol. The SMILES string of the molecule is C=C1C=c2ccc(C(C)CC)cc2=CC1=O. The molecule has 0 radical (unpaired) electrons.